The number of hydrogen-bond donors (Lipinski definition) is 0. The van der Waals surface area contributed by atoms with Crippen molar-refractivity contribution in [3.8, 4) is 0 Å². The van der Waals surface area contributed by atoms with E-state index in [0.29, 0.717) is 6.61 Å². The van der Waals surface area contributed by atoms with E-state index in [9.17, 15) is 0 Å². The largest absolute Gasteiger partial charge is 0.421 e. The first-order valence-corrected chi connectivity index (χ1v) is 8.30. The zero-order chi connectivity index (χ0) is 12.2. The minimum Gasteiger partial charge on any atom is -0.421 e. The molecule has 0 saturated heterocycles. The van der Waals surface area contributed by atoms with Crippen LogP contribution < -0.4 is 0 Å². The fourth-order valence-electron chi connectivity index (χ4n) is 1.46. The summed E-state index contributed by atoms with van der Waals surface area (Å²) in [7, 11) is -0.432. The van der Waals surface area contributed by atoms with Crippen molar-refractivity contribution in [1.29, 1.82) is 0 Å². The van der Waals surface area contributed by atoms with Gasteiger partial charge in [-0.1, -0.05) is 30.3 Å². The van der Waals surface area contributed by atoms with Gasteiger partial charge in [0.05, 0.1) is 13.2 Å². The topological polar surface area (TPSA) is 18.5 Å². The van der Waals surface area contributed by atoms with Crippen molar-refractivity contribution < 1.29 is 9.16 Å². The van der Waals surface area contributed by atoms with E-state index < -0.39 is 9.76 Å². The molecule has 0 bridgehead atoms. The third-order valence-corrected chi connectivity index (χ3v) is 4.05. The first-order valence-electron chi connectivity index (χ1n) is 6.19. The van der Waals surface area contributed by atoms with Crippen molar-refractivity contribution in [3.63, 3.8) is 0 Å². The summed E-state index contributed by atoms with van der Waals surface area (Å²) >= 11 is 5.57. The lowest BCUT2D eigenvalue weighted by molar-refractivity contribution is 0.0994. The van der Waals surface area contributed by atoms with E-state index in [0.717, 1.165) is 38.0 Å². The minimum absolute atomic E-state index is 0.432. The van der Waals surface area contributed by atoms with E-state index >= 15 is 0 Å². The zero-order valence-corrected chi connectivity index (χ0v) is 12.4. The molecular formula is C13H21ClO2Si. The maximum atomic E-state index is 5.63. The Labute approximate surface area is 111 Å². The average molecular weight is 273 g/mol. The summed E-state index contributed by atoms with van der Waals surface area (Å²) in [5.41, 5.74) is 1.38. The molecule has 4 heteroatoms. The Morgan fingerprint density at radius 2 is 1.82 bits per heavy atom. The van der Waals surface area contributed by atoms with Gasteiger partial charge in [-0.3, -0.25) is 0 Å². The lowest BCUT2D eigenvalue weighted by Crippen LogP contribution is -2.10. The molecule has 0 aromatic heterocycles. The molecule has 1 aromatic carbocycles. The number of benzene rings is 1. The van der Waals surface area contributed by atoms with Gasteiger partial charge < -0.3 is 9.16 Å². The molecule has 1 aromatic rings. The highest BCUT2D eigenvalue weighted by Gasteiger charge is 1.94. The summed E-state index contributed by atoms with van der Waals surface area (Å²) in [5.74, 6) is 0.726. The molecule has 0 unspecified atom stereocenters. The molecule has 1 rings (SSSR count). The summed E-state index contributed by atoms with van der Waals surface area (Å²) < 4.78 is 11.1. The van der Waals surface area contributed by atoms with Crippen LogP contribution in [0.2, 0.25) is 0 Å². The van der Waals surface area contributed by atoms with Crippen molar-refractivity contribution in [2.45, 2.75) is 18.9 Å². The van der Waals surface area contributed by atoms with Crippen molar-refractivity contribution in [2.75, 3.05) is 25.7 Å². The smallest absolute Gasteiger partial charge is 0.165 e. The van der Waals surface area contributed by atoms with Crippen molar-refractivity contribution in [2.24, 2.45) is 0 Å². The molecule has 2 nitrogen and oxygen atoms in total. The van der Waals surface area contributed by atoms with E-state index in [1.807, 2.05) is 6.07 Å². The number of ether oxygens (including phenoxy) is 1. The zero-order valence-electron chi connectivity index (χ0n) is 10.2. The minimum atomic E-state index is -0.432. The van der Waals surface area contributed by atoms with Crippen LogP contribution in [0.25, 0.3) is 0 Å². The van der Waals surface area contributed by atoms with Crippen molar-refractivity contribution >= 4 is 21.4 Å². The fourth-order valence-corrected chi connectivity index (χ4v) is 2.68. The Morgan fingerprint density at radius 1 is 1.00 bits per heavy atom. The second-order valence-corrected chi connectivity index (χ2v) is 5.55. The molecule has 0 aliphatic rings. The van der Waals surface area contributed by atoms with Crippen molar-refractivity contribution in [3.05, 3.63) is 35.9 Å². The summed E-state index contributed by atoms with van der Waals surface area (Å²) in [6.45, 7) is 2.25. The summed E-state index contributed by atoms with van der Waals surface area (Å²) in [4.78, 5) is 0. The highest BCUT2D eigenvalue weighted by Crippen LogP contribution is 1.98. The third kappa shape index (κ3) is 8.38. The van der Waals surface area contributed by atoms with Gasteiger partial charge in [0.2, 0.25) is 0 Å². The van der Waals surface area contributed by atoms with Crippen LogP contribution in [0, 0.1) is 0 Å². The number of halogens is 1. The lowest BCUT2D eigenvalue weighted by atomic mass is 10.2. The van der Waals surface area contributed by atoms with Crippen LogP contribution in [-0.2, 0) is 15.2 Å². The van der Waals surface area contributed by atoms with Gasteiger partial charge in [-0.25, -0.2) is 0 Å². The van der Waals surface area contributed by atoms with E-state index in [2.05, 4.69) is 24.3 Å². The molecule has 0 atom stereocenters. The molecule has 0 saturated carbocycles. The van der Waals surface area contributed by atoms with Gasteiger partial charge >= 0.3 is 0 Å². The molecule has 0 fully saturated rings. The maximum absolute atomic E-state index is 5.63. The van der Waals surface area contributed by atoms with E-state index in [-0.39, 0.29) is 0 Å². The number of hydrogen-bond acceptors (Lipinski definition) is 2. The summed E-state index contributed by atoms with van der Waals surface area (Å²) in [5, 5.41) is 0. The van der Waals surface area contributed by atoms with Crippen LogP contribution in [0.15, 0.2) is 30.3 Å². The van der Waals surface area contributed by atoms with Gasteiger partial charge in [0.25, 0.3) is 0 Å². The number of unbranched alkanes of at least 4 members (excludes halogenated alkanes) is 1. The molecule has 0 spiro atoms. The van der Waals surface area contributed by atoms with Gasteiger partial charge in [0, 0.05) is 12.5 Å². The lowest BCUT2D eigenvalue weighted by Gasteiger charge is -2.05. The molecule has 17 heavy (non-hydrogen) atoms. The quantitative estimate of drug-likeness (QED) is 0.370. The highest BCUT2D eigenvalue weighted by atomic mass is 35.5. The average Bonchev–Trinajstić information content (AvgIpc) is 2.38. The standard InChI is InChI=1S/C13H21ClO2Si/c14-8-4-5-9-15-10-11-16-17-12-13-6-2-1-3-7-13/h1-3,6-7H,4-5,8-12,17H2. The van der Waals surface area contributed by atoms with Crippen LogP contribution in [-0.4, -0.2) is 35.5 Å². The van der Waals surface area contributed by atoms with E-state index in [4.69, 9.17) is 20.8 Å². The van der Waals surface area contributed by atoms with Gasteiger partial charge in [0.1, 0.15) is 0 Å². The van der Waals surface area contributed by atoms with Gasteiger partial charge in [-0.05, 0) is 24.4 Å². The second kappa shape index (κ2) is 10.8. The van der Waals surface area contributed by atoms with Crippen LogP contribution in [0.3, 0.4) is 0 Å². The Balaban J connectivity index is 1.85. The predicted molar refractivity (Wildman–Crippen MR) is 75.4 cm³/mol. The monoisotopic (exact) mass is 272 g/mol. The Hall–Kier alpha value is -0.353. The Bertz CT molecular complexity index is 269. The van der Waals surface area contributed by atoms with Crippen LogP contribution >= 0.6 is 11.6 Å². The Kier molecular flexibility index (Phi) is 9.33. The van der Waals surface area contributed by atoms with E-state index in [1.54, 1.807) is 0 Å². The number of alkyl halides is 1. The normalized spacial score (nSPS) is 11.4. The Morgan fingerprint density at radius 3 is 2.59 bits per heavy atom. The summed E-state index contributed by atoms with van der Waals surface area (Å²) in [6.07, 6.45) is 2.08. The van der Waals surface area contributed by atoms with Crippen LogP contribution in [0.1, 0.15) is 18.4 Å². The first-order chi connectivity index (χ1) is 8.43. The van der Waals surface area contributed by atoms with Gasteiger partial charge in [-0.15, -0.1) is 11.6 Å². The van der Waals surface area contributed by atoms with Gasteiger partial charge in [-0.2, -0.15) is 0 Å². The van der Waals surface area contributed by atoms with Crippen molar-refractivity contribution in [1.82, 2.24) is 0 Å². The molecule has 0 radical (unpaired) electrons. The fraction of sp³-hybridized carbons (Fsp3) is 0.538. The highest BCUT2D eigenvalue weighted by molar-refractivity contribution is 6.26. The SMILES string of the molecule is ClCCCCOCCO[SiH2]Cc1ccccc1. The first kappa shape index (κ1) is 14.7. The molecule has 96 valence electrons. The predicted octanol–water partition coefficient (Wildman–Crippen LogP) is 2.32. The molecule has 0 aliphatic carbocycles. The molecule has 0 heterocycles. The van der Waals surface area contributed by atoms with Gasteiger partial charge in [0.15, 0.2) is 9.76 Å². The van der Waals surface area contributed by atoms with Crippen LogP contribution in [0.4, 0.5) is 0 Å². The molecule has 0 N–H and O–H groups in total. The summed E-state index contributed by atoms with van der Waals surface area (Å²) in [6, 6.07) is 11.6. The number of rotatable bonds is 10. The van der Waals surface area contributed by atoms with Crippen LogP contribution in [0.5, 0.6) is 0 Å². The molecular weight excluding hydrogens is 252 g/mol. The second-order valence-electron chi connectivity index (χ2n) is 3.86. The molecule has 0 aliphatic heterocycles. The maximum Gasteiger partial charge on any atom is 0.165 e. The molecule has 0 amide bonds. The third-order valence-electron chi connectivity index (χ3n) is 2.42. The van der Waals surface area contributed by atoms with E-state index in [1.165, 1.54) is 5.56 Å².